The van der Waals surface area contributed by atoms with Gasteiger partial charge in [0.15, 0.2) is 5.78 Å². The molecule has 1 nitrogen and oxygen atoms in total. The number of thioether (sulfide) groups is 1. The Morgan fingerprint density at radius 2 is 1.71 bits per heavy atom. The molecule has 0 aliphatic rings. The third-order valence-electron chi connectivity index (χ3n) is 2.58. The SMILES string of the molecule is CC(C)CSCC(=O)c1ccc(C(C)C)cc1. The summed E-state index contributed by atoms with van der Waals surface area (Å²) in [5.41, 5.74) is 2.13. The van der Waals surface area contributed by atoms with Gasteiger partial charge in [-0.1, -0.05) is 52.0 Å². The van der Waals surface area contributed by atoms with Gasteiger partial charge in [0.05, 0.1) is 5.75 Å². The Bertz CT molecular complexity index is 352. The van der Waals surface area contributed by atoms with Crippen LogP contribution in [0.2, 0.25) is 0 Å². The molecule has 0 fully saturated rings. The fraction of sp³-hybridized carbons (Fsp3) is 0.533. The van der Waals surface area contributed by atoms with Crippen molar-refractivity contribution in [3.05, 3.63) is 35.4 Å². The molecule has 0 spiro atoms. The molecule has 0 amide bonds. The van der Waals surface area contributed by atoms with Gasteiger partial charge in [-0.2, -0.15) is 11.8 Å². The highest BCUT2D eigenvalue weighted by molar-refractivity contribution is 7.99. The average Bonchev–Trinajstić information content (AvgIpc) is 2.28. The molecule has 1 aromatic carbocycles. The molecule has 0 heterocycles. The molecule has 0 unspecified atom stereocenters. The summed E-state index contributed by atoms with van der Waals surface area (Å²) in [5.74, 6) is 3.06. The van der Waals surface area contributed by atoms with Crippen molar-refractivity contribution < 1.29 is 4.79 Å². The van der Waals surface area contributed by atoms with Gasteiger partial charge >= 0.3 is 0 Å². The lowest BCUT2D eigenvalue weighted by molar-refractivity contribution is 0.102. The van der Waals surface area contributed by atoms with E-state index in [0.29, 0.717) is 17.6 Å². The maximum atomic E-state index is 11.9. The van der Waals surface area contributed by atoms with Crippen molar-refractivity contribution in [2.45, 2.75) is 33.6 Å². The predicted octanol–water partition coefficient (Wildman–Crippen LogP) is 4.38. The van der Waals surface area contributed by atoms with Crippen molar-refractivity contribution in [3.8, 4) is 0 Å². The van der Waals surface area contributed by atoms with E-state index in [1.165, 1.54) is 5.56 Å². The van der Waals surface area contributed by atoms with Crippen LogP contribution in [0.25, 0.3) is 0 Å². The first-order valence-corrected chi connectivity index (χ1v) is 7.37. The molecule has 0 N–H and O–H groups in total. The highest BCUT2D eigenvalue weighted by atomic mass is 32.2. The fourth-order valence-corrected chi connectivity index (χ4v) is 2.47. The summed E-state index contributed by atoms with van der Waals surface area (Å²) < 4.78 is 0. The van der Waals surface area contributed by atoms with Crippen LogP contribution in [0.15, 0.2) is 24.3 Å². The van der Waals surface area contributed by atoms with Gasteiger partial charge in [0.2, 0.25) is 0 Å². The number of hydrogen-bond acceptors (Lipinski definition) is 2. The molecule has 0 aliphatic carbocycles. The lowest BCUT2D eigenvalue weighted by atomic mass is 10.0. The largest absolute Gasteiger partial charge is 0.293 e. The van der Waals surface area contributed by atoms with Crippen molar-refractivity contribution in [2.24, 2.45) is 5.92 Å². The second-order valence-corrected chi connectivity index (χ2v) is 6.14. The first kappa shape index (κ1) is 14.3. The van der Waals surface area contributed by atoms with Crippen molar-refractivity contribution >= 4 is 17.5 Å². The number of hydrogen-bond donors (Lipinski definition) is 0. The van der Waals surface area contributed by atoms with E-state index in [1.54, 1.807) is 11.8 Å². The minimum Gasteiger partial charge on any atom is -0.293 e. The molecule has 1 rings (SSSR count). The summed E-state index contributed by atoms with van der Waals surface area (Å²) in [6.07, 6.45) is 0. The highest BCUT2D eigenvalue weighted by Crippen LogP contribution is 2.16. The van der Waals surface area contributed by atoms with Gasteiger partial charge in [-0.15, -0.1) is 0 Å². The predicted molar refractivity (Wildman–Crippen MR) is 77.0 cm³/mol. The van der Waals surface area contributed by atoms with Crippen LogP contribution in [-0.4, -0.2) is 17.3 Å². The molecule has 0 atom stereocenters. The highest BCUT2D eigenvalue weighted by Gasteiger charge is 2.07. The van der Waals surface area contributed by atoms with Crippen molar-refractivity contribution in [2.75, 3.05) is 11.5 Å². The van der Waals surface area contributed by atoms with E-state index in [9.17, 15) is 4.79 Å². The molecule has 0 saturated carbocycles. The smallest absolute Gasteiger partial charge is 0.172 e. The second kappa shape index (κ2) is 6.85. The van der Waals surface area contributed by atoms with Crippen LogP contribution in [0.3, 0.4) is 0 Å². The van der Waals surface area contributed by atoms with Crippen LogP contribution >= 0.6 is 11.8 Å². The standard InChI is InChI=1S/C15H22OS/c1-11(2)9-17-10-15(16)14-7-5-13(6-8-14)12(3)4/h5-8,11-12H,9-10H2,1-4H3. The topological polar surface area (TPSA) is 17.1 Å². The zero-order valence-electron chi connectivity index (χ0n) is 11.2. The molecule has 17 heavy (non-hydrogen) atoms. The maximum absolute atomic E-state index is 11.9. The van der Waals surface area contributed by atoms with E-state index in [4.69, 9.17) is 0 Å². The van der Waals surface area contributed by atoms with Gasteiger partial charge in [-0.25, -0.2) is 0 Å². The third-order valence-corrected chi connectivity index (χ3v) is 3.95. The minimum atomic E-state index is 0.242. The summed E-state index contributed by atoms with van der Waals surface area (Å²) in [6, 6.07) is 8.03. The van der Waals surface area contributed by atoms with Gasteiger partial charge in [0, 0.05) is 5.56 Å². The van der Waals surface area contributed by atoms with E-state index in [0.717, 1.165) is 11.3 Å². The number of Topliss-reactive ketones (excluding diaryl/α,β-unsaturated/α-hetero) is 1. The van der Waals surface area contributed by atoms with Gasteiger partial charge in [-0.3, -0.25) is 4.79 Å². The molecule has 0 radical (unpaired) electrons. The summed E-state index contributed by atoms with van der Waals surface area (Å²) in [4.78, 5) is 11.9. The van der Waals surface area contributed by atoms with Gasteiger partial charge in [-0.05, 0) is 23.2 Å². The first-order valence-electron chi connectivity index (χ1n) is 6.21. The molecule has 0 bridgehead atoms. The normalized spacial score (nSPS) is 11.2. The van der Waals surface area contributed by atoms with E-state index >= 15 is 0 Å². The molecular weight excluding hydrogens is 228 g/mol. The van der Waals surface area contributed by atoms with Gasteiger partial charge < -0.3 is 0 Å². The number of benzene rings is 1. The number of rotatable bonds is 6. The minimum absolute atomic E-state index is 0.242. The fourth-order valence-electron chi connectivity index (χ4n) is 1.52. The van der Waals surface area contributed by atoms with E-state index in [1.807, 2.05) is 12.1 Å². The number of carbonyl (C=O) groups excluding carboxylic acids is 1. The van der Waals surface area contributed by atoms with Crippen LogP contribution in [-0.2, 0) is 0 Å². The summed E-state index contributed by atoms with van der Waals surface area (Å²) in [6.45, 7) is 8.68. The third kappa shape index (κ3) is 4.95. The van der Waals surface area contributed by atoms with Crippen LogP contribution in [0, 0.1) is 5.92 Å². The maximum Gasteiger partial charge on any atom is 0.172 e. The second-order valence-electron chi connectivity index (χ2n) is 5.11. The van der Waals surface area contributed by atoms with Crippen LogP contribution < -0.4 is 0 Å². The molecule has 0 aromatic heterocycles. The summed E-state index contributed by atoms with van der Waals surface area (Å²) in [5, 5.41) is 0. The van der Waals surface area contributed by atoms with E-state index in [-0.39, 0.29) is 5.78 Å². The average molecular weight is 250 g/mol. The molecule has 0 saturated heterocycles. The molecule has 94 valence electrons. The van der Waals surface area contributed by atoms with Crippen LogP contribution in [0.5, 0.6) is 0 Å². The Morgan fingerprint density at radius 1 is 1.12 bits per heavy atom. The van der Waals surface area contributed by atoms with E-state index in [2.05, 4.69) is 39.8 Å². The van der Waals surface area contributed by atoms with Crippen molar-refractivity contribution in [1.29, 1.82) is 0 Å². The zero-order chi connectivity index (χ0) is 12.8. The van der Waals surface area contributed by atoms with Crippen LogP contribution in [0.1, 0.15) is 49.5 Å². The monoisotopic (exact) mass is 250 g/mol. The Hall–Kier alpha value is -0.760. The summed E-state index contributed by atoms with van der Waals surface area (Å²) >= 11 is 1.73. The quantitative estimate of drug-likeness (QED) is 0.697. The lowest BCUT2D eigenvalue weighted by Crippen LogP contribution is -2.04. The Kier molecular flexibility index (Phi) is 5.76. The molecular formula is C15H22OS. The molecule has 1 aromatic rings. The molecule has 0 aliphatic heterocycles. The Balaban J connectivity index is 2.52. The van der Waals surface area contributed by atoms with Crippen molar-refractivity contribution in [1.82, 2.24) is 0 Å². The van der Waals surface area contributed by atoms with Gasteiger partial charge in [0.25, 0.3) is 0 Å². The van der Waals surface area contributed by atoms with Crippen molar-refractivity contribution in [3.63, 3.8) is 0 Å². The summed E-state index contributed by atoms with van der Waals surface area (Å²) in [7, 11) is 0. The Morgan fingerprint density at radius 3 is 2.18 bits per heavy atom. The number of carbonyl (C=O) groups is 1. The first-order chi connectivity index (χ1) is 8.00. The van der Waals surface area contributed by atoms with Crippen LogP contribution in [0.4, 0.5) is 0 Å². The Labute approximate surface area is 109 Å². The number of ketones is 1. The van der Waals surface area contributed by atoms with Gasteiger partial charge in [0.1, 0.15) is 0 Å². The van der Waals surface area contributed by atoms with E-state index < -0.39 is 0 Å². The lowest BCUT2D eigenvalue weighted by Gasteiger charge is -2.07. The zero-order valence-corrected chi connectivity index (χ0v) is 12.0. The molecule has 2 heteroatoms.